The monoisotopic (exact) mass is 1000 g/mol. The number of morpholine rings is 1. The zero-order valence-corrected chi connectivity index (χ0v) is 41.2. The summed E-state index contributed by atoms with van der Waals surface area (Å²) in [6, 6.07) is 21.1. The number of amides is 4. The van der Waals surface area contributed by atoms with E-state index in [0.29, 0.717) is 89.8 Å². The highest BCUT2D eigenvalue weighted by Crippen LogP contribution is 2.33. The van der Waals surface area contributed by atoms with Crippen molar-refractivity contribution in [3.8, 4) is 0 Å². The fourth-order valence-electron chi connectivity index (χ4n) is 8.82. The Balaban J connectivity index is 0.750. The van der Waals surface area contributed by atoms with Gasteiger partial charge in [0.15, 0.2) is 0 Å². The highest BCUT2D eigenvalue weighted by atomic mass is 32.2. The van der Waals surface area contributed by atoms with Crippen LogP contribution >= 0.6 is 11.8 Å². The number of urea groups is 1. The molecule has 8 rings (SSSR count). The van der Waals surface area contributed by atoms with Crippen LogP contribution in [-0.4, -0.2) is 147 Å². The average Bonchev–Trinajstić information content (AvgIpc) is 4.15. The minimum absolute atomic E-state index is 0.0204. The molecule has 0 aliphatic carbocycles. The summed E-state index contributed by atoms with van der Waals surface area (Å²) < 4.78 is 56.4. The predicted molar refractivity (Wildman–Crippen MR) is 268 cm³/mol. The van der Waals surface area contributed by atoms with Crippen molar-refractivity contribution >= 4 is 61.9 Å². The minimum atomic E-state index is -4.07. The van der Waals surface area contributed by atoms with Gasteiger partial charge in [0.05, 0.1) is 89.1 Å². The average molecular weight is 1000 g/mol. The Morgan fingerprint density at radius 3 is 2.43 bits per heavy atom. The number of carbonyl (C=O) groups excluding carboxylic acids is 3. The van der Waals surface area contributed by atoms with Gasteiger partial charge in [0.25, 0.3) is 0 Å². The van der Waals surface area contributed by atoms with Crippen molar-refractivity contribution in [1.29, 1.82) is 0 Å². The number of nitrogens with zero attached hydrogens (tertiary/aromatic N) is 5. The summed E-state index contributed by atoms with van der Waals surface area (Å²) in [6.07, 6.45) is 7.14. The molecule has 4 atom stereocenters. The Hall–Kier alpha value is -5.55. The number of hydrogen-bond donors (Lipinski definition) is 5. The van der Waals surface area contributed by atoms with Crippen molar-refractivity contribution in [2.45, 2.75) is 80.4 Å². The largest absolute Gasteiger partial charge is 0.378 e. The second-order valence-corrected chi connectivity index (χ2v) is 20.6. The fourth-order valence-corrected chi connectivity index (χ4v) is 11.6. The number of ether oxygens (including phenoxy) is 4. The van der Waals surface area contributed by atoms with E-state index in [1.54, 1.807) is 16.8 Å². The molecule has 0 unspecified atom stereocenters. The van der Waals surface area contributed by atoms with E-state index in [4.69, 9.17) is 18.9 Å². The number of hydrogen-bond acceptors (Lipinski definition) is 13. The molecule has 3 aromatic carbocycles. The van der Waals surface area contributed by atoms with Gasteiger partial charge in [-0.3, -0.25) is 9.59 Å². The van der Waals surface area contributed by atoms with E-state index in [1.807, 2.05) is 84.2 Å². The summed E-state index contributed by atoms with van der Waals surface area (Å²) in [5.41, 5.74) is 4.91. The van der Waals surface area contributed by atoms with Gasteiger partial charge in [0.2, 0.25) is 21.8 Å². The van der Waals surface area contributed by atoms with Gasteiger partial charge in [-0.15, -0.1) is 5.10 Å². The van der Waals surface area contributed by atoms with E-state index < -0.39 is 22.0 Å². The highest BCUT2D eigenvalue weighted by Gasteiger charge is 2.42. The van der Waals surface area contributed by atoms with E-state index in [1.165, 1.54) is 12.1 Å². The Morgan fingerprint density at radius 2 is 1.64 bits per heavy atom. The minimum Gasteiger partial charge on any atom is -0.378 e. The molecule has 2 aromatic heterocycles. The molecule has 3 saturated heterocycles. The summed E-state index contributed by atoms with van der Waals surface area (Å²) in [5, 5.41) is 21.8. The van der Waals surface area contributed by atoms with Crippen molar-refractivity contribution in [2.24, 2.45) is 0 Å². The van der Waals surface area contributed by atoms with Crippen LogP contribution in [0.25, 0.3) is 10.9 Å². The molecule has 376 valence electrons. The lowest BCUT2D eigenvalue weighted by molar-refractivity contribution is -0.121. The van der Waals surface area contributed by atoms with Crippen LogP contribution in [0.5, 0.6) is 0 Å². The third kappa shape index (κ3) is 14.3. The fraction of sp³-hybridized carbons (Fsp3) is 0.490. The van der Waals surface area contributed by atoms with Crippen LogP contribution in [-0.2, 0) is 58.1 Å². The highest BCUT2D eigenvalue weighted by molar-refractivity contribution is 8.00. The SMILES string of the molecule is Cc1ccc(S(=O)(=O)N[C@@H](Cc2cn(Cc3cn(CCOCCOCCOCCNC(=O)CCCC[C@@H]4SC[C@@H]5NC(=O)N[C@@H]54)nn3)c3ccccc23)C(=O)Nc2ccc(N3CCOCC3)cc2)cc1. The summed E-state index contributed by atoms with van der Waals surface area (Å²) >= 11 is 1.89. The molecule has 0 bridgehead atoms. The number of aryl methyl sites for hydroxylation is 1. The molecule has 0 radical (unpaired) electrons. The Kier molecular flexibility index (Phi) is 18.2. The number of unbranched alkanes of at least 4 members (excludes halogenated alkanes) is 1. The lowest BCUT2D eigenvalue weighted by Crippen LogP contribution is -2.45. The van der Waals surface area contributed by atoms with Crippen LogP contribution in [0, 0.1) is 6.92 Å². The third-order valence-electron chi connectivity index (χ3n) is 12.5. The predicted octanol–water partition coefficient (Wildman–Crippen LogP) is 3.85. The maximum atomic E-state index is 14.1. The molecule has 5 N–H and O–H groups in total. The van der Waals surface area contributed by atoms with E-state index in [0.717, 1.165) is 71.5 Å². The topological polar surface area (TPSA) is 221 Å². The number of rotatable bonds is 27. The molecule has 3 aliphatic rings. The molecule has 3 fully saturated rings. The van der Waals surface area contributed by atoms with Crippen molar-refractivity contribution in [1.82, 2.24) is 40.2 Å². The first-order valence-corrected chi connectivity index (χ1v) is 26.6. The van der Waals surface area contributed by atoms with Gasteiger partial charge in [0.1, 0.15) is 11.7 Å². The number of aromatic nitrogens is 4. The number of sulfonamides is 1. The van der Waals surface area contributed by atoms with E-state index >= 15 is 0 Å². The van der Waals surface area contributed by atoms with Gasteiger partial charge in [0, 0.05) is 65.5 Å². The normalized spacial score (nSPS) is 18.4. The number of benzene rings is 3. The van der Waals surface area contributed by atoms with Crippen LogP contribution in [0.1, 0.15) is 42.5 Å². The molecular formula is C49H64N10O9S2. The van der Waals surface area contributed by atoms with Gasteiger partial charge in [-0.2, -0.15) is 16.5 Å². The van der Waals surface area contributed by atoms with Crippen LogP contribution in [0.2, 0.25) is 0 Å². The molecule has 21 heteroatoms. The first-order chi connectivity index (χ1) is 34.1. The summed E-state index contributed by atoms with van der Waals surface area (Å²) in [7, 11) is -4.07. The second kappa shape index (κ2) is 25.0. The van der Waals surface area contributed by atoms with Crippen molar-refractivity contribution < 1.29 is 41.7 Å². The molecule has 5 aromatic rings. The molecule has 70 heavy (non-hydrogen) atoms. The lowest BCUT2D eigenvalue weighted by atomic mass is 10.0. The summed E-state index contributed by atoms with van der Waals surface area (Å²) in [4.78, 5) is 40.1. The Bertz CT molecular complexity index is 2610. The zero-order chi connectivity index (χ0) is 48.7. The zero-order valence-electron chi connectivity index (χ0n) is 39.6. The quantitative estimate of drug-likeness (QED) is 0.0374. The molecule has 19 nitrogen and oxygen atoms in total. The van der Waals surface area contributed by atoms with Crippen LogP contribution in [0.15, 0.2) is 90.1 Å². The summed E-state index contributed by atoms with van der Waals surface area (Å²) in [5.74, 6) is 0.479. The van der Waals surface area contributed by atoms with Crippen LogP contribution in [0.4, 0.5) is 16.2 Å². The van der Waals surface area contributed by atoms with Gasteiger partial charge in [-0.05, 0) is 74.2 Å². The number of thioether (sulfide) groups is 1. The number of nitrogens with one attached hydrogen (secondary N) is 5. The smallest absolute Gasteiger partial charge is 0.315 e. The third-order valence-corrected chi connectivity index (χ3v) is 15.5. The van der Waals surface area contributed by atoms with E-state index in [9.17, 15) is 22.8 Å². The standard InChI is InChI=1S/C49H64N10O9S2/c1-35-10-16-40(17-11-35)70(63,64)55-42(48(61)51-37-12-14-39(15-13-37)57-19-23-66-24-20-57)30-36-31-58(44-7-3-2-6-41(36)44)32-38-33-59(56-54-38)21-25-67-27-29-68-28-26-65-22-18-50-46(60)9-5-4-8-45-47-43(34-69-45)52-49(62)53-47/h2-3,6-7,10-17,31,33,42-43,45,47,55H,4-5,8-9,18-30,32,34H2,1H3,(H,50,60)(H,51,61)(H2,52,53,62)/t42-,43-,45-,47-/m0/s1. The molecular weight excluding hydrogens is 937 g/mol. The van der Waals surface area contributed by atoms with Gasteiger partial charge in [-0.1, -0.05) is 47.5 Å². The maximum absolute atomic E-state index is 14.1. The number of para-hydroxylation sites is 1. The van der Waals surface area contributed by atoms with Crippen LogP contribution < -0.4 is 30.9 Å². The van der Waals surface area contributed by atoms with Crippen molar-refractivity contribution in [3.05, 3.63) is 102 Å². The lowest BCUT2D eigenvalue weighted by Gasteiger charge is -2.29. The molecule has 3 aliphatic heterocycles. The van der Waals surface area contributed by atoms with Crippen LogP contribution in [0.3, 0.4) is 0 Å². The molecule has 4 amide bonds. The number of anilines is 2. The number of carbonyl (C=O) groups is 3. The first kappa shape index (κ1) is 50.8. The molecule has 0 spiro atoms. The molecule has 5 heterocycles. The Morgan fingerprint density at radius 1 is 0.900 bits per heavy atom. The van der Waals surface area contributed by atoms with Crippen molar-refractivity contribution in [3.63, 3.8) is 0 Å². The number of fused-ring (bicyclic) bond motifs is 2. The van der Waals surface area contributed by atoms with E-state index in [2.05, 4.69) is 41.2 Å². The summed E-state index contributed by atoms with van der Waals surface area (Å²) in [6.45, 7) is 8.56. The second-order valence-electron chi connectivity index (χ2n) is 17.7. The van der Waals surface area contributed by atoms with Gasteiger partial charge >= 0.3 is 6.03 Å². The van der Waals surface area contributed by atoms with Gasteiger partial charge in [-0.25, -0.2) is 17.9 Å². The Labute approximate surface area is 413 Å². The first-order valence-electron chi connectivity index (χ1n) is 24.0. The van der Waals surface area contributed by atoms with E-state index in [-0.39, 0.29) is 35.3 Å². The molecule has 0 saturated carbocycles. The van der Waals surface area contributed by atoms with Crippen molar-refractivity contribution in [2.75, 3.05) is 88.5 Å². The maximum Gasteiger partial charge on any atom is 0.315 e. The van der Waals surface area contributed by atoms with Gasteiger partial charge < -0.3 is 49.7 Å².